The Morgan fingerprint density at radius 3 is 2.10 bits per heavy atom. The van der Waals surface area contributed by atoms with Gasteiger partial charge in [-0.25, -0.2) is 0 Å². The zero-order valence-corrected chi connectivity index (χ0v) is 12.4. The summed E-state index contributed by atoms with van der Waals surface area (Å²) in [4.78, 5) is 17.0. The standard InChI is InChI=1S/C16H24N4O/c17-13-9-12(10-14(18)11-13)16(21)20-7-3-15(4-8-20)19-5-1-2-6-19/h9-11,15H,1-8,17-18H2. The second-order valence-electron chi connectivity index (χ2n) is 6.15. The maximum Gasteiger partial charge on any atom is 0.254 e. The third kappa shape index (κ3) is 3.13. The number of benzene rings is 1. The van der Waals surface area contributed by atoms with E-state index < -0.39 is 0 Å². The highest BCUT2D eigenvalue weighted by Crippen LogP contribution is 2.23. The highest BCUT2D eigenvalue weighted by molar-refractivity contribution is 5.96. The molecule has 4 N–H and O–H groups in total. The van der Waals surface area contributed by atoms with Crippen molar-refractivity contribution < 1.29 is 4.79 Å². The summed E-state index contributed by atoms with van der Waals surface area (Å²) >= 11 is 0. The van der Waals surface area contributed by atoms with Crippen LogP contribution in [0.15, 0.2) is 18.2 Å². The highest BCUT2D eigenvalue weighted by Gasteiger charge is 2.28. The number of carbonyl (C=O) groups is 1. The normalized spacial score (nSPS) is 20.9. The molecule has 0 aliphatic carbocycles. The van der Waals surface area contributed by atoms with Gasteiger partial charge < -0.3 is 21.3 Å². The Kier molecular flexibility index (Phi) is 4.01. The number of hydrogen-bond donors (Lipinski definition) is 2. The van der Waals surface area contributed by atoms with E-state index in [1.807, 2.05) is 4.90 Å². The molecule has 1 aromatic carbocycles. The van der Waals surface area contributed by atoms with Gasteiger partial charge in [0.25, 0.3) is 5.91 Å². The quantitative estimate of drug-likeness (QED) is 0.810. The molecular formula is C16H24N4O. The van der Waals surface area contributed by atoms with Crippen LogP contribution < -0.4 is 11.5 Å². The summed E-state index contributed by atoms with van der Waals surface area (Å²) in [5, 5.41) is 0. The van der Waals surface area contributed by atoms with Crippen molar-refractivity contribution in [2.45, 2.75) is 31.7 Å². The number of likely N-dealkylation sites (tertiary alicyclic amines) is 2. The van der Waals surface area contributed by atoms with E-state index in [4.69, 9.17) is 11.5 Å². The van der Waals surface area contributed by atoms with Crippen LogP contribution in [0.25, 0.3) is 0 Å². The number of nitrogens with zero attached hydrogens (tertiary/aromatic N) is 2. The number of amides is 1. The largest absolute Gasteiger partial charge is 0.399 e. The minimum absolute atomic E-state index is 0.0499. The van der Waals surface area contributed by atoms with Gasteiger partial charge in [-0.2, -0.15) is 0 Å². The second-order valence-corrected chi connectivity index (χ2v) is 6.15. The SMILES string of the molecule is Nc1cc(N)cc(C(=O)N2CCC(N3CCCC3)CC2)c1. The van der Waals surface area contributed by atoms with Crippen LogP contribution in [0, 0.1) is 0 Å². The molecule has 2 aliphatic heterocycles. The highest BCUT2D eigenvalue weighted by atomic mass is 16.2. The molecule has 1 aromatic rings. The van der Waals surface area contributed by atoms with E-state index in [0.29, 0.717) is 23.0 Å². The van der Waals surface area contributed by atoms with Crippen molar-refractivity contribution in [3.63, 3.8) is 0 Å². The smallest absolute Gasteiger partial charge is 0.254 e. The van der Waals surface area contributed by atoms with Crippen LogP contribution in [0.1, 0.15) is 36.0 Å². The van der Waals surface area contributed by atoms with Crippen molar-refractivity contribution in [1.82, 2.24) is 9.80 Å². The first kappa shape index (κ1) is 14.2. The Bertz CT molecular complexity index is 497. The van der Waals surface area contributed by atoms with Gasteiger partial charge in [-0.1, -0.05) is 0 Å². The number of nitrogens with two attached hydrogens (primary N) is 2. The Labute approximate surface area is 125 Å². The molecule has 5 nitrogen and oxygen atoms in total. The summed E-state index contributed by atoms with van der Waals surface area (Å²) in [5.41, 5.74) is 13.2. The fraction of sp³-hybridized carbons (Fsp3) is 0.562. The van der Waals surface area contributed by atoms with E-state index >= 15 is 0 Å². The second kappa shape index (κ2) is 5.93. The van der Waals surface area contributed by atoms with Crippen LogP contribution in [0.5, 0.6) is 0 Å². The molecule has 3 rings (SSSR count). The predicted molar refractivity (Wildman–Crippen MR) is 85.0 cm³/mol. The zero-order chi connectivity index (χ0) is 14.8. The number of hydrogen-bond acceptors (Lipinski definition) is 4. The average Bonchev–Trinajstić information content (AvgIpc) is 3.00. The molecule has 21 heavy (non-hydrogen) atoms. The van der Waals surface area contributed by atoms with E-state index in [1.54, 1.807) is 18.2 Å². The van der Waals surface area contributed by atoms with Crippen molar-refractivity contribution in [3.05, 3.63) is 23.8 Å². The van der Waals surface area contributed by atoms with Gasteiger partial charge in [0.05, 0.1) is 0 Å². The number of carbonyl (C=O) groups excluding carboxylic acids is 1. The predicted octanol–water partition coefficient (Wildman–Crippen LogP) is 1.55. The zero-order valence-electron chi connectivity index (χ0n) is 12.4. The third-order valence-corrected chi connectivity index (χ3v) is 4.63. The van der Waals surface area contributed by atoms with E-state index in [2.05, 4.69) is 4.90 Å². The van der Waals surface area contributed by atoms with Crippen LogP contribution in [-0.4, -0.2) is 47.9 Å². The molecule has 1 amide bonds. The maximum absolute atomic E-state index is 12.5. The molecule has 0 unspecified atom stereocenters. The molecule has 0 atom stereocenters. The first-order valence-corrected chi connectivity index (χ1v) is 7.83. The van der Waals surface area contributed by atoms with Crippen molar-refractivity contribution in [3.8, 4) is 0 Å². The molecule has 2 aliphatic rings. The van der Waals surface area contributed by atoms with Gasteiger partial charge in [0.1, 0.15) is 0 Å². The minimum Gasteiger partial charge on any atom is -0.399 e. The van der Waals surface area contributed by atoms with E-state index in [0.717, 1.165) is 25.9 Å². The lowest BCUT2D eigenvalue weighted by Crippen LogP contribution is -2.45. The molecule has 0 spiro atoms. The molecule has 5 heteroatoms. The van der Waals surface area contributed by atoms with Crippen LogP contribution in [0.2, 0.25) is 0 Å². The molecule has 2 heterocycles. The van der Waals surface area contributed by atoms with Gasteiger partial charge in [-0.15, -0.1) is 0 Å². The van der Waals surface area contributed by atoms with Gasteiger partial charge in [-0.3, -0.25) is 4.79 Å². The molecule has 0 bridgehead atoms. The summed E-state index contributed by atoms with van der Waals surface area (Å²) in [6.07, 6.45) is 4.79. The lowest BCUT2D eigenvalue weighted by Gasteiger charge is -2.36. The first-order chi connectivity index (χ1) is 10.1. The van der Waals surface area contributed by atoms with Crippen LogP contribution in [-0.2, 0) is 0 Å². The van der Waals surface area contributed by atoms with Gasteiger partial charge in [0, 0.05) is 36.1 Å². The minimum atomic E-state index is 0.0499. The topological polar surface area (TPSA) is 75.6 Å². The Morgan fingerprint density at radius 1 is 0.952 bits per heavy atom. The van der Waals surface area contributed by atoms with Crippen LogP contribution >= 0.6 is 0 Å². The van der Waals surface area contributed by atoms with Crippen molar-refractivity contribution >= 4 is 17.3 Å². The Hall–Kier alpha value is -1.75. The lowest BCUT2D eigenvalue weighted by atomic mass is 10.0. The molecular weight excluding hydrogens is 264 g/mol. The summed E-state index contributed by atoms with van der Waals surface area (Å²) in [5.74, 6) is 0.0499. The molecule has 0 saturated carbocycles. The van der Waals surface area contributed by atoms with Crippen LogP contribution in [0.4, 0.5) is 11.4 Å². The van der Waals surface area contributed by atoms with E-state index in [1.165, 1.54) is 25.9 Å². The summed E-state index contributed by atoms with van der Waals surface area (Å²) in [6.45, 7) is 4.11. The number of piperidine rings is 1. The number of anilines is 2. The van der Waals surface area contributed by atoms with Crippen molar-refractivity contribution in [2.75, 3.05) is 37.6 Å². The maximum atomic E-state index is 12.5. The Morgan fingerprint density at radius 2 is 1.52 bits per heavy atom. The van der Waals surface area contributed by atoms with Gasteiger partial charge >= 0.3 is 0 Å². The summed E-state index contributed by atoms with van der Waals surface area (Å²) in [7, 11) is 0. The van der Waals surface area contributed by atoms with Gasteiger partial charge in [0.2, 0.25) is 0 Å². The van der Waals surface area contributed by atoms with Gasteiger partial charge in [-0.05, 0) is 57.0 Å². The number of nitrogen functional groups attached to an aromatic ring is 2. The molecule has 2 saturated heterocycles. The Balaban J connectivity index is 1.62. The van der Waals surface area contributed by atoms with Crippen LogP contribution in [0.3, 0.4) is 0 Å². The average molecular weight is 288 g/mol. The van der Waals surface area contributed by atoms with E-state index in [9.17, 15) is 4.79 Å². The van der Waals surface area contributed by atoms with Crippen molar-refractivity contribution in [1.29, 1.82) is 0 Å². The lowest BCUT2D eigenvalue weighted by molar-refractivity contribution is 0.0644. The first-order valence-electron chi connectivity index (χ1n) is 7.83. The molecule has 114 valence electrons. The fourth-order valence-electron chi connectivity index (χ4n) is 3.52. The fourth-order valence-corrected chi connectivity index (χ4v) is 3.52. The van der Waals surface area contributed by atoms with Gasteiger partial charge in [0.15, 0.2) is 0 Å². The van der Waals surface area contributed by atoms with Crippen molar-refractivity contribution in [2.24, 2.45) is 0 Å². The monoisotopic (exact) mass is 288 g/mol. The summed E-state index contributed by atoms with van der Waals surface area (Å²) < 4.78 is 0. The number of rotatable bonds is 2. The molecule has 0 radical (unpaired) electrons. The summed E-state index contributed by atoms with van der Waals surface area (Å²) in [6, 6.07) is 5.76. The molecule has 0 aromatic heterocycles. The third-order valence-electron chi connectivity index (χ3n) is 4.63. The van der Waals surface area contributed by atoms with E-state index in [-0.39, 0.29) is 5.91 Å². The molecule has 2 fully saturated rings.